The second-order valence-corrected chi connectivity index (χ2v) is 7.19. The molecule has 0 saturated carbocycles. The maximum Gasteiger partial charge on any atom is 0.326 e. The number of hydrogen-bond acceptors (Lipinski definition) is 4. The number of carbonyl (C=O) groups is 2. The Morgan fingerprint density at radius 1 is 1.18 bits per heavy atom. The number of rotatable bonds is 5. The highest BCUT2D eigenvalue weighted by Gasteiger charge is 2.17. The number of aromatic nitrogens is 1. The van der Waals surface area contributed by atoms with Gasteiger partial charge < -0.3 is 9.30 Å². The van der Waals surface area contributed by atoms with E-state index in [2.05, 4.69) is 4.99 Å². The molecule has 0 saturated heterocycles. The molecule has 5 nitrogen and oxygen atoms in total. The molecular formula is C20H18F2N2O3S. The third-order valence-electron chi connectivity index (χ3n) is 3.98. The molecule has 3 aromatic rings. The number of ether oxygens (including phenoxy) is 1. The Morgan fingerprint density at radius 2 is 1.89 bits per heavy atom. The standard InChI is InChI=1S/C20H18F2N2O3S/c1-3-27-18(26)11-24-19-15(22)9-14(21)10-16(19)28-20(24)23-17(25)8-13-6-4-12(2)5-7-13/h4-7,9-10H,3,8,11H2,1-2H3. The number of halogens is 2. The zero-order valence-corrected chi connectivity index (χ0v) is 16.2. The minimum Gasteiger partial charge on any atom is -0.465 e. The Labute approximate surface area is 163 Å². The summed E-state index contributed by atoms with van der Waals surface area (Å²) in [5.41, 5.74) is 1.87. The van der Waals surface area contributed by atoms with Crippen LogP contribution in [-0.4, -0.2) is 23.1 Å². The number of thiazole rings is 1. The zero-order valence-electron chi connectivity index (χ0n) is 15.4. The van der Waals surface area contributed by atoms with Crippen LogP contribution in [0.2, 0.25) is 0 Å². The molecule has 1 heterocycles. The molecule has 146 valence electrons. The predicted octanol–water partition coefficient (Wildman–Crippen LogP) is 3.52. The van der Waals surface area contributed by atoms with E-state index in [0.29, 0.717) is 0 Å². The van der Waals surface area contributed by atoms with Crippen molar-refractivity contribution in [3.05, 3.63) is 64.0 Å². The van der Waals surface area contributed by atoms with Gasteiger partial charge in [0.2, 0.25) is 0 Å². The average Bonchev–Trinajstić information content (AvgIpc) is 2.94. The zero-order chi connectivity index (χ0) is 20.3. The van der Waals surface area contributed by atoms with Crippen molar-refractivity contribution in [3.63, 3.8) is 0 Å². The molecule has 1 aromatic heterocycles. The third kappa shape index (κ3) is 4.51. The fourth-order valence-electron chi connectivity index (χ4n) is 2.72. The van der Waals surface area contributed by atoms with Gasteiger partial charge in [-0.25, -0.2) is 8.78 Å². The lowest BCUT2D eigenvalue weighted by Crippen LogP contribution is -2.23. The summed E-state index contributed by atoms with van der Waals surface area (Å²) >= 11 is 0.941. The second-order valence-electron chi connectivity index (χ2n) is 6.18. The van der Waals surface area contributed by atoms with E-state index < -0.39 is 23.5 Å². The largest absolute Gasteiger partial charge is 0.465 e. The smallest absolute Gasteiger partial charge is 0.326 e. The summed E-state index contributed by atoms with van der Waals surface area (Å²) in [5.74, 6) is -2.62. The van der Waals surface area contributed by atoms with E-state index in [9.17, 15) is 18.4 Å². The van der Waals surface area contributed by atoms with Crippen LogP contribution < -0.4 is 4.80 Å². The minimum atomic E-state index is -0.831. The van der Waals surface area contributed by atoms with Gasteiger partial charge >= 0.3 is 5.97 Å². The summed E-state index contributed by atoms with van der Waals surface area (Å²) in [6.07, 6.45) is 0.0603. The van der Waals surface area contributed by atoms with Crippen molar-refractivity contribution in [1.82, 2.24) is 4.57 Å². The molecule has 1 amide bonds. The van der Waals surface area contributed by atoms with Crippen molar-refractivity contribution >= 4 is 33.4 Å². The summed E-state index contributed by atoms with van der Waals surface area (Å²) in [4.78, 5) is 28.5. The Hall–Kier alpha value is -2.87. The van der Waals surface area contributed by atoms with Gasteiger partial charge in [-0.1, -0.05) is 41.2 Å². The van der Waals surface area contributed by atoms with Crippen LogP contribution in [0, 0.1) is 18.6 Å². The molecule has 0 aliphatic rings. The van der Waals surface area contributed by atoms with Gasteiger partial charge in [0.25, 0.3) is 5.91 Å². The van der Waals surface area contributed by atoms with E-state index in [4.69, 9.17) is 4.74 Å². The van der Waals surface area contributed by atoms with Gasteiger partial charge in [-0.3, -0.25) is 9.59 Å². The number of fused-ring (bicyclic) bond motifs is 1. The van der Waals surface area contributed by atoms with Crippen molar-refractivity contribution in [1.29, 1.82) is 0 Å². The summed E-state index contributed by atoms with van der Waals surface area (Å²) in [6.45, 7) is 3.43. The maximum absolute atomic E-state index is 14.3. The molecule has 0 aliphatic carbocycles. The van der Waals surface area contributed by atoms with Crippen molar-refractivity contribution in [2.75, 3.05) is 6.61 Å². The van der Waals surface area contributed by atoms with E-state index in [0.717, 1.165) is 34.6 Å². The molecule has 0 N–H and O–H groups in total. The monoisotopic (exact) mass is 404 g/mol. The molecule has 2 aromatic carbocycles. The van der Waals surface area contributed by atoms with Crippen LogP contribution >= 0.6 is 11.3 Å². The highest BCUT2D eigenvalue weighted by atomic mass is 32.1. The first kappa shape index (κ1) is 19.9. The van der Waals surface area contributed by atoms with Gasteiger partial charge in [0, 0.05) is 6.07 Å². The Bertz CT molecular complexity index is 1100. The van der Waals surface area contributed by atoms with Crippen LogP contribution in [0.5, 0.6) is 0 Å². The Balaban J connectivity index is 2.03. The lowest BCUT2D eigenvalue weighted by atomic mass is 10.1. The van der Waals surface area contributed by atoms with Gasteiger partial charge in [-0.2, -0.15) is 4.99 Å². The molecule has 28 heavy (non-hydrogen) atoms. The van der Waals surface area contributed by atoms with Crippen LogP contribution in [0.4, 0.5) is 8.78 Å². The van der Waals surface area contributed by atoms with E-state index in [1.165, 1.54) is 4.57 Å². The normalized spacial score (nSPS) is 11.8. The summed E-state index contributed by atoms with van der Waals surface area (Å²) < 4.78 is 34.3. The summed E-state index contributed by atoms with van der Waals surface area (Å²) in [6, 6.07) is 9.32. The molecule has 3 rings (SSSR count). The van der Waals surface area contributed by atoms with Gasteiger partial charge in [0.1, 0.15) is 12.4 Å². The molecule has 0 fully saturated rings. The molecule has 0 bridgehead atoms. The molecule has 0 atom stereocenters. The fraction of sp³-hybridized carbons (Fsp3) is 0.250. The first-order valence-electron chi connectivity index (χ1n) is 8.64. The molecular weight excluding hydrogens is 386 g/mol. The average molecular weight is 404 g/mol. The number of carbonyl (C=O) groups excluding carboxylic acids is 2. The number of hydrogen-bond donors (Lipinski definition) is 0. The second kappa shape index (κ2) is 8.43. The van der Waals surface area contributed by atoms with E-state index >= 15 is 0 Å². The fourth-order valence-corrected chi connectivity index (χ4v) is 3.81. The Morgan fingerprint density at radius 3 is 2.57 bits per heavy atom. The van der Waals surface area contributed by atoms with E-state index in [-0.39, 0.29) is 34.6 Å². The van der Waals surface area contributed by atoms with Crippen LogP contribution in [0.25, 0.3) is 10.2 Å². The van der Waals surface area contributed by atoms with Crippen LogP contribution in [-0.2, 0) is 27.3 Å². The van der Waals surface area contributed by atoms with E-state index in [1.54, 1.807) is 6.92 Å². The molecule has 0 aliphatic heterocycles. The number of nitrogens with zero attached hydrogens (tertiary/aromatic N) is 2. The van der Waals surface area contributed by atoms with Crippen molar-refractivity contribution in [2.24, 2.45) is 4.99 Å². The highest BCUT2D eigenvalue weighted by molar-refractivity contribution is 7.16. The van der Waals surface area contributed by atoms with Gasteiger partial charge in [-0.05, 0) is 25.5 Å². The predicted molar refractivity (Wildman–Crippen MR) is 102 cm³/mol. The highest BCUT2D eigenvalue weighted by Crippen LogP contribution is 2.22. The third-order valence-corrected chi connectivity index (χ3v) is 5.01. The van der Waals surface area contributed by atoms with Crippen molar-refractivity contribution < 1.29 is 23.1 Å². The lowest BCUT2D eigenvalue weighted by molar-refractivity contribution is -0.143. The van der Waals surface area contributed by atoms with Crippen LogP contribution in [0.1, 0.15) is 18.1 Å². The van der Waals surface area contributed by atoms with Crippen LogP contribution in [0.15, 0.2) is 41.4 Å². The number of amides is 1. The SMILES string of the molecule is CCOC(=O)Cn1c(=NC(=O)Cc2ccc(C)cc2)sc2cc(F)cc(F)c21. The maximum atomic E-state index is 14.3. The molecule has 0 spiro atoms. The quantitative estimate of drug-likeness (QED) is 0.612. The molecule has 0 radical (unpaired) electrons. The summed E-state index contributed by atoms with van der Waals surface area (Å²) in [7, 11) is 0. The van der Waals surface area contributed by atoms with Crippen LogP contribution in [0.3, 0.4) is 0 Å². The minimum absolute atomic E-state index is 0.0151. The van der Waals surface area contributed by atoms with Gasteiger partial charge in [-0.15, -0.1) is 0 Å². The van der Waals surface area contributed by atoms with Gasteiger partial charge in [0.15, 0.2) is 10.6 Å². The van der Waals surface area contributed by atoms with Crippen molar-refractivity contribution in [2.45, 2.75) is 26.8 Å². The van der Waals surface area contributed by atoms with Gasteiger partial charge in [0.05, 0.1) is 23.2 Å². The molecule has 8 heteroatoms. The number of aryl methyl sites for hydroxylation is 1. The number of benzene rings is 2. The Kier molecular flexibility index (Phi) is 5.99. The lowest BCUT2D eigenvalue weighted by Gasteiger charge is -2.06. The molecule has 0 unspecified atom stereocenters. The van der Waals surface area contributed by atoms with E-state index in [1.807, 2.05) is 31.2 Å². The topological polar surface area (TPSA) is 60.7 Å². The first-order valence-corrected chi connectivity index (χ1v) is 9.46. The first-order chi connectivity index (χ1) is 13.4. The van der Waals surface area contributed by atoms with Crippen molar-refractivity contribution in [3.8, 4) is 0 Å². The summed E-state index contributed by atoms with van der Waals surface area (Å²) in [5, 5.41) is 0. The number of esters is 1.